The van der Waals surface area contributed by atoms with Crippen LogP contribution in [0.2, 0.25) is 0 Å². The van der Waals surface area contributed by atoms with Crippen LogP contribution in [-0.4, -0.2) is 14.5 Å². The van der Waals surface area contributed by atoms with Gasteiger partial charge in [-0.2, -0.15) is 11.3 Å². The Morgan fingerprint density at radius 2 is 2.28 bits per heavy atom. The highest BCUT2D eigenvalue weighted by Gasteiger charge is 2.11. The highest BCUT2D eigenvalue weighted by molar-refractivity contribution is 9.10. The van der Waals surface area contributed by atoms with Crippen molar-refractivity contribution < 1.29 is 0 Å². The second-order valence-electron chi connectivity index (χ2n) is 4.13. The van der Waals surface area contributed by atoms with Gasteiger partial charge < -0.3 is 5.73 Å². The van der Waals surface area contributed by atoms with E-state index in [9.17, 15) is 0 Å². The molecule has 18 heavy (non-hydrogen) atoms. The van der Waals surface area contributed by atoms with Gasteiger partial charge in [0.15, 0.2) is 5.65 Å². The second-order valence-corrected chi connectivity index (χ2v) is 5.79. The molecule has 0 radical (unpaired) electrons. The van der Waals surface area contributed by atoms with E-state index in [2.05, 4.69) is 43.6 Å². The number of anilines is 1. The number of thiophene rings is 1. The molecule has 2 N–H and O–H groups in total. The number of pyridine rings is 1. The lowest BCUT2D eigenvalue weighted by atomic mass is 10.2. The Balaban J connectivity index is 2.11. The van der Waals surface area contributed by atoms with E-state index in [1.54, 1.807) is 17.5 Å². The number of imidazole rings is 1. The molecular weight excluding hydrogens is 312 g/mol. The number of fused-ring (bicyclic) bond motifs is 1. The van der Waals surface area contributed by atoms with Crippen molar-refractivity contribution in [3.8, 4) is 0 Å². The van der Waals surface area contributed by atoms with Crippen molar-refractivity contribution in [3.05, 3.63) is 38.6 Å². The van der Waals surface area contributed by atoms with Gasteiger partial charge in [0.05, 0.1) is 6.54 Å². The van der Waals surface area contributed by atoms with Gasteiger partial charge in [0.25, 0.3) is 0 Å². The van der Waals surface area contributed by atoms with Crippen LogP contribution in [0.4, 0.5) is 5.95 Å². The fraction of sp³-hybridized carbons (Fsp3) is 0.167. The quantitative estimate of drug-likeness (QED) is 0.788. The van der Waals surface area contributed by atoms with Crippen LogP contribution in [0.25, 0.3) is 11.2 Å². The Hall–Kier alpha value is -1.40. The maximum atomic E-state index is 5.97. The van der Waals surface area contributed by atoms with Gasteiger partial charge in [0.1, 0.15) is 5.52 Å². The van der Waals surface area contributed by atoms with Gasteiger partial charge in [-0.05, 0) is 50.8 Å². The summed E-state index contributed by atoms with van der Waals surface area (Å²) < 4.78 is 2.85. The topological polar surface area (TPSA) is 56.7 Å². The largest absolute Gasteiger partial charge is 0.369 e. The molecule has 0 aliphatic rings. The minimum atomic E-state index is 0.501. The van der Waals surface area contributed by atoms with Crippen LogP contribution in [-0.2, 0) is 6.54 Å². The average Bonchev–Trinajstić information content (AvgIpc) is 2.85. The Kier molecular flexibility index (Phi) is 2.83. The molecule has 0 atom stereocenters. The van der Waals surface area contributed by atoms with Crippen LogP contribution in [0, 0.1) is 6.92 Å². The number of nitrogen functional groups attached to an aromatic ring is 1. The van der Waals surface area contributed by atoms with Gasteiger partial charge in [-0.3, -0.25) is 4.57 Å². The molecule has 0 unspecified atom stereocenters. The highest BCUT2D eigenvalue weighted by Crippen LogP contribution is 2.22. The van der Waals surface area contributed by atoms with Crippen molar-refractivity contribution in [1.82, 2.24) is 14.5 Å². The summed E-state index contributed by atoms with van der Waals surface area (Å²) >= 11 is 5.09. The van der Waals surface area contributed by atoms with Gasteiger partial charge in [-0.15, -0.1) is 0 Å². The summed E-state index contributed by atoms with van der Waals surface area (Å²) in [5, 5.41) is 4.27. The number of rotatable bonds is 2. The average molecular weight is 323 g/mol. The third-order valence-electron chi connectivity index (χ3n) is 2.87. The fourth-order valence-corrected chi connectivity index (χ4v) is 3.05. The van der Waals surface area contributed by atoms with E-state index in [0.29, 0.717) is 12.5 Å². The lowest BCUT2D eigenvalue weighted by Gasteiger charge is -2.05. The maximum absolute atomic E-state index is 5.97. The molecule has 0 aliphatic heterocycles. The van der Waals surface area contributed by atoms with Crippen molar-refractivity contribution in [3.63, 3.8) is 0 Å². The van der Waals surface area contributed by atoms with E-state index in [1.807, 2.05) is 10.6 Å². The molecule has 3 rings (SSSR count). The van der Waals surface area contributed by atoms with E-state index < -0.39 is 0 Å². The molecule has 0 fully saturated rings. The minimum absolute atomic E-state index is 0.501. The summed E-state index contributed by atoms with van der Waals surface area (Å²) in [4.78, 5) is 8.72. The molecule has 4 nitrogen and oxygen atoms in total. The number of hydrogen-bond donors (Lipinski definition) is 1. The SMILES string of the molecule is Cc1cscc1Cn1c(N)nc2cc(Br)cnc21. The zero-order chi connectivity index (χ0) is 12.7. The molecular formula is C12H11BrN4S. The molecule has 0 aromatic carbocycles. The van der Waals surface area contributed by atoms with Crippen LogP contribution < -0.4 is 5.73 Å². The number of halogens is 1. The second kappa shape index (κ2) is 4.37. The molecule has 0 saturated heterocycles. The van der Waals surface area contributed by atoms with Crippen molar-refractivity contribution in [2.45, 2.75) is 13.5 Å². The zero-order valence-corrected chi connectivity index (χ0v) is 12.1. The van der Waals surface area contributed by atoms with Crippen LogP contribution in [0.1, 0.15) is 11.1 Å². The van der Waals surface area contributed by atoms with E-state index in [1.165, 1.54) is 11.1 Å². The lowest BCUT2D eigenvalue weighted by Crippen LogP contribution is -2.05. The van der Waals surface area contributed by atoms with Gasteiger partial charge in [-0.1, -0.05) is 0 Å². The standard InChI is InChI=1S/C12H11BrN4S/c1-7-5-18-6-8(7)4-17-11-10(16-12(17)14)2-9(13)3-15-11/h2-3,5-6H,4H2,1H3,(H2,14,16). The molecule has 0 aliphatic carbocycles. The first-order valence-electron chi connectivity index (χ1n) is 5.44. The first-order valence-corrected chi connectivity index (χ1v) is 7.17. The van der Waals surface area contributed by atoms with Gasteiger partial charge in [-0.25, -0.2) is 9.97 Å². The van der Waals surface area contributed by atoms with Crippen molar-refractivity contribution in [2.24, 2.45) is 0 Å². The number of aromatic nitrogens is 3. The van der Waals surface area contributed by atoms with E-state index in [4.69, 9.17) is 5.73 Å². The van der Waals surface area contributed by atoms with Crippen LogP contribution in [0.15, 0.2) is 27.5 Å². The van der Waals surface area contributed by atoms with Crippen LogP contribution in [0.3, 0.4) is 0 Å². The third-order valence-corrected chi connectivity index (χ3v) is 4.22. The zero-order valence-electron chi connectivity index (χ0n) is 9.72. The number of hydrogen-bond acceptors (Lipinski definition) is 4. The van der Waals surface area contributed by atoms with E-state index in [0.717, 1.165) is 15.6 Å². The van der Waals surface area contributed by atoms with Crippen molar-refractivity contribution >= 4 is 44.4 Å². The smallest absolute Gasteiger partial charge is 0.202 e. The monoisotopic (exact) mass is 322 g/mol. The molecule has 92 valence electrons. The van der Waals surface area contributed by atoms with Crippen LogP contribution in [0.5, 0.6) is 0 Å². The van der Waals surface area contributed by atoms with Crippen molar-refractivity contribution in [1.29, 1.82) is 0 Å². The predicted octanol–water partition coefficient (Wildman–Crippen LogP) is 3.19. The molecule has 0 spiro atoms. The molecule has 3 aromatic heterocycles. The Bertz CT molecular complexity index is 716. The summed E-state index contributed by atoms with van der Waals surface area (Å²) in [6.07, 6.45) is 1.76. The number of nitrogens with two attached hydrogens (primary N) is 1. The normalized spacial score (nSPS) is 11.2. The minimum Gasteiger partial charge on any atom is -0.369 e. The molecule has 3 heterocycles. The van der Waals surface area contributed by atoms with E-state index >= 15 is 0 Å². The Labute approximate surface area is 117 Å². The first kappa shape index (κ1) is 11.7. The van der Waals surface area contributed by atoms with Gasteiger partial charge in [0, 0.05) is 10.7 Å². The number of aryl methyl sites for hydroxylation is 1. The summed E-state index contributed by atoms with van der Waals surface area (Å²) in [6.45, 7) is 2.82. The Morgan fingerprint density at radius 1 is 1.44 bits per heavy atom. The predicted molar refractivity (Wildman–Crippen MR) is 77.8 cm³/mol. The number of nitrogens with zero attached hydrogens (tertiary/aromatic N) is 3. The van der Waals surface area contributed by atoms with Crippen LogP contribution >= 0.6 is 27.3 Å². The molecule has 3 aromatic rings. The van der Waals surface area contributed by atoms with E-state index in [-0.39, 0.29) is 0 Å². The fourth-order valence-electron chi connectivity index (χ4n) is 1.88. The van der Waals surface area contributed by atoms with Crippen molar-refractivity contribution in [2.75, 3.05) is 5.73 Å². The molecule has 0 amide bonds. The summed E-state index contributed by atoms with van der Waals surface area (Å²) in [5.74, 6) is 0.501. The molecule has 6 heteroatoms. The molecule has 0 saturated carbocycles. The maximum Gasteiger partial charge on any atom is 0.202 e. The Morgan fingerprint density at radius 3 is 3.00 bits per heavy atom. The van der Waals surface area contributed by atoms with Gasteiger partial charge >= 0.3 is 0 Å². The lowest BCUT2D eigenvalue weighted by molar-refractivity contribution is 0.825. The highest BCUT2D eigenvalue weighted by atomic mass is 79.9. The summed E-state index contributed by atoms with van der Waals surface area (Å²) in [7, 11) is 0. The first-order chi connectivity index (χ1) is 8.65. The molecule has 0 bridgehead atoms. The van der Waals surface area contributed by atoms with Gasteiger partial charge in [0.2, 0.25) is 5.95 Å². The summed E-state index contributed by atoms with van der Waals surface area (Å²) in [6, 6.07) is 1.93. The summed E-state index contributed by atoms with van der Waals surface area (Å²) in [5.41, 5.74) is 10.1. The third kappa shape index (κ3) is 1.91.